The van der Waals surface area contributed by atoms with Crippen LogP contribution in [-0.4, -0.2) is 25.9 Å². The zero-order valence-corrected chi connectivity index (χ0v) is 20.9. The van der Waals surface area contributed by atoms with Crippen LogP contribution in [0.1, 0.15) is 28.3 Å². The number of pyridine rings is 1. The maximum Gasteiger partial charge on any atom is 0.201 e. The molecule has 0 aliphatic carbocycles. The molecule has 1 atom stereocenters. The number of halogens is 1. The highest BCUT2D eigenvalue weighted by Crippen LogP contribution is 2.35. The Bertz CT molecular complexity index is 1620. The van der Waals surface area contributed by atoms with Crippen molar-refractivity contribution in [1.29, 1.82) is 0 Å². The van der Waals surface area contributed by atoms with Crippen LogP contribution in [0.3, 0.4) is 0 Å². The van der Waals surface area contributed by atoms with Gasteiger partial charge in [-0.25, -0.2) is 0 Å². The van der Waals surface area contributed by atoms with Gasteiger partial charge in [0, 0.05) is 34.3 Å². The predicted octanol–water partition coefficient (Wildman–Crippen LogP) is 5.58. The summed E-state index contributed by atoms with van der Waals surface area (Å²) in [5.74, 6) is -0.167. The van der Waals surface area contributed by atoms with Gasteiger partial charge in [-0.3, -0.25) is 4.99 Å². The van der Waals surface area contributed by atoms with Gasteiger partial charge < -0.3 is 5.21 Å². The monoisotopic (exact) mass is 506 g/mol. The van der Waals surface area contributed by atoms with Gasteiger partial charge in [0.1, 0.15) is 6.33 Å². The van der Waals surface area contributed by atoms with E-state index in [0.29, 0.717) is 17.1 Å². The fourth-order valence-corrected chi connectivity index (χ4v) is 5.07. The summed E-state index contributed by atoms with van der Waals surface area (Å²) in [5.41, 5.74) is 8.38. The minimum absolute atomic E-state index is 0.167. The van der Waals surface area contributed by atoms with Crippen molar-refractivity contribution < 1.29 is 4.73 Å². The van der Waals surface area contributed by atoms with E-state index in [2.05, 4.69) is 52.8 Å². The molecule has 182 valence electrons. The molecule has 0 bridgehead atoms. The highest BCUT2D eigenvalue weighted by Gasteiger charge is 2.30. The summed E-state index contributed by atoms with van der Waals surface area (Å²) in [6, 6.07) is 25.9. The lowest BCUT2D eigenvalue weighted by atomic mass is 9.88. The molecule has 0 fully saturated rings. The second-order valence-corrected chi connectivity index (χ2v) is 9.68. The first-order valence-corrected chi connectivity index (χ1v) is 12.4. The van der Waals surface area contributed by atoms with E-state index in [9.17, 15) is 5.21 Å². The number of nitrogens with zero attached hydrogens (tertiary/aromatic N) is 6. The average Bonchev–Trinajstić information content (AvgIpc) is 3.58. The van der Waals surface area contributed by atoms with Gasteiger partial charge in [-0.1, -0.05) is 54.1 Å². The molecule has 0 saturated heterocycles. The van der Waals surface area contributed by atoms with Crippen LogP contribution in [0.2, 0.25) is 5.02 Å². The first-order chi connectivity index (χ1) is 18.0. The molecular weight excluding hydrogens is 484 g/mol. The number of hydrogen-bond donors (Lipinski definition) is 0. The molecule has 3 heterocycles. The maximum atomic E-state index is 13.6. The number of benzene rings is 3. The molecule has 0 amide bonds. The third kappa shape index (κ3) is 4.61. The highest BCUT2D eigenvalue weighted by molar-refractivity contribution is 6.31. The molecule has 0 saturated carbocycles. The van der Waals surface area contributed by atoms with E-state index in [1.807, 2.05) is 42.5 Å². The quantitative estimate of drug-likeness (QED) is 0.222. The van der Waals surface area contributed by atoms with Crippen molar-refractivity contribution >= 4 is 23.0 Å². The topological polar surface area (TPSA) is 82.9 Å². The molecule has 1 aliphatic rings. The Hall–Kier alpha value is -4.36. The normalized spacial score (nSPS) is 13.3. The van der Waals surface area contributed by atoms with Gasteiger partial charge in [-0.15, -0.1) is 5.10 Å². The van der Waals surface area contributed by atoms with E-state index >= 15 is 0 Å². The van der Waals surface area contributed by atoms with Crippen molar-refractivity contribution in [2.75, 3.05) is 0 Å². The third-order valence-electron chi connectivity index (χ3n) is 6.73. The lowest BCUT2D eigenvalue weighted by Gasteiger charge is -2.18. The van der Waals surface area contributed by atoms with E-state index in [1.54, 1.807) is 16.9 Å². The van der Waals surface area contributed by atoms with Crippen molar-refractivity contribution in [3.05, 3.63) is 124 Å². The van der Waals surface area contributed by atoms with Crippen molar-refractivity contribution in [3.8, 4) is 16.8 Å². The van der Waals surface area contributed by atoms with Crippen LogP contribution in [0.5, 0.6) is 0 Å². The molecule has 5 aromatic rings. The SMILES string of the molecule is Cc1ccc2c(c1)N=C([C@@H](Cc1ccccc1)c1ccc(-c3cc(Cl)ccc3-n3cnnn3)c[n+]1[O-])C2. The minimum atomic E-state index is -0.167. The summed E-state index contributed by atoms with van der Waals surface area (Å²) in [6.07, 6.45) is 4.52. The number of tetrazole rings is 1. The van der Waals surface area contributed by atoms with Crippen molar-refractivity contribution in [2.24, 2.45) is 4.99 Å². The van der Waals surface area contributed by atoms with Crippen LogP contribution in [0.4, 0.5) is 5.69 Å². The van der Waals surface area contributed by atoms with E-state index in [1.165, 1.54) is 17.5 Å². The van der Waals surface area contributed by atoms with Gasteiger partial charge in [0.15, 0.2) is 6.20 Å². The molecular formula is C29H23ClN6O. The van der Waals surface area contributed by atoms with Crippen LogP contribution in [0.15, 0.2) is 96.4 Å². The summed E-state index contributed by atoms with van der Waals surface area (Å²) in [6.45, 7) is 2.07. The minimum Gasteiger partial charge on any atom is -0.618 e. The van der Waals surface area contributed by atoms with Crippen LogP contribution in [-0.2, 0) is 12.8 Å². The van der Waals surface area contributed by atoms with Crippen LogP contribution >= 0.6 is 11.6 Å². The van der Waals surface area contributed by atoms with Crippen molar-refractivity contribution in [3.63, 3.8) is 0 Å². The van der Waals surface area contributed by atoms with E-state index in [0.717, 1.165) is 44.9 Å². The molecule has 0 spiro atoms. The molecule has 2 aromatic heterocycles. The van der Waals surface area contributed by atoms with Crippen LogP contribution in [0, 0.1) is 12.1 Å². The second-order valence-electron chi connectivity index (χ2n) is 9.24. The van der Waals surface area contributed by atoms with Gasteiger partial charge >= 0.3 is 0 Å². The molecule has 0 N–H and O–H groups in total. The lowest BCUT2D eigenvalue weighted by Crippen LogP contribution is -2.36. The predicted molar refractivity (Wildman–Crippen MR) is 143 cm³/mol. The summed E-state index contributed by atoms with van der Waals surface area (Å²) in [7, 11) is 0. The third-order valence-corrected chi connectivity index (χ3v) is 6.96. The molecule has 1 aliphatic heterocycles. The van der Waals surface area contributed by atoms with E-state index < -0.39 is 0 Å². The zero-order valence-electron chi connectivity index (χ0n) is 20.1. The summed E-state index contributed by atoms with van der Waals surface area (Å²) >= 11 is 6.32. The summed E-state index contributed by atoms with van der Waals surface area (Å²) in [4.78, 5) is 4.99. The van der Waals surface area contributed by atoms with Gasteiger partial charge in [0.25, 0.3) is 0 Å². The molecule has 3 aromatic carbocycles. The fourth-order valence-electron chi connectivity index (χ4n) is 4.89. The first kappa shape index (κ1) is 23.1. The first-order valence-electron chi connectivity index (χ1n) is 12.0. The zero-order chi connectivity index (χ0) is 25.4. The Kier molecular flexibility index (Phi) is 5.98. The molecule has 37 heavy (non-hydrogen) atoms. The van der Waals surface area contributed by atoms with Gasteiger partial charge in [0.2, 0.25) is 5.69 Å². The number of fused-ring (bicyclic) bond motifs is 1. The number of aromatic nitrogens is 5. The second kappa shape index (κ2) is 9.59. The number of hydrogen-bond acceptors (Lipinski definition) is 5. The van der Waals surface area contributed by atoms with Gasteiger partial charge in [-0.05, 0) is 70.8 Å². The number of aryl methyl sites for hydroxylation is 1. The Morgan fingerprint density at radius 2 is 1.89 bits per heavy atom. The fraction of sp³-hybridized carbons (Fsp3) is 0.138. The molecule has 8 heteroatoms. The molecule has 7 nitrogen and oxygen atoms in total. The summed E-state index contributed by atoms with van der Waals surface area (Å²) < 4.78 is 2.52. The Morgan fingerprint density at radius 3 is 2.68 bits per heavy atom. The van der Waals surface area contributed by atoms with Gasteiger partial charge in [0.05, 0.1) is 17.3 Å². The van der Waals surface area contributed by atoms with Gasteiger partial charge in [-0.2, -0.15) is 9.41 Å². The standard InChI is InChI=1S/C29H23ClN6O/c1-19-7-8-21-15-27(32-26(21)13-19)25(14-20-5-3-2-4-6-20)29-11-9-22(17-36(29)37)24-16-23(30)10-12-28(24)35-18-31-33-34-35/h2-13,16-18,25H,14-15H2,1H3/t25-/m1/s1. The highest BCUT2D eigenvalue weighted by atomic mass is 35.5. The van der Waals surface area contributed by atoms with Crippen molar-refractivity contribution in [2.45, 2.75) is 25.7 Å². The Labute approximate surface area is 219 Å². The van der Waals surface area contributed by atoms with Crippen LogP contribution < -0.4 is 4.73 Å². The molecule has 0 unspecified atom stereocenters. The largest absolute Gasteiger partial charge is 0.618 e. The smallest absolute Gasteiger partial charge is 0.201 e. The maximum absolute atomic E-state index is 13.6. The Balaban J connectivity index is 1.42. The number of aliphatic imine (C=N–C) groups is 1. The summed E-state index contributed by atoms with van der Waals surface area (Å²) in [5, 5.41) is 25.6. The van der Waals surface area contributed by atoms with Crippen molar-refractivity contribution in [1.82, 2.24) is 20.2 Å². The molecule has 6 rings (SSSR count). The number of rotatable bonds is 6. The lowest BCUT2D eigenvalue weighted by molar-refractivity contribution is -0.614. The molecule has 0 radical (unpaired) electrons. The van der Waals surface area contributed by atoms with E-state index in [-0.39, 0.29) is 5.92 Å². The Morgan fingerprint density at radius 1 is 1.03 bits per heavy atom. The van der Waals surface area contributed by atoms with Crippen LogP contribution in [0.25, 0.3) is 16.8 Å². The average molecular weight is 507 g/mol. The van der Waals surface area contributed by atoms with E-state index in [4.69, 9.17) is 16.6 Å².